The number of hydrogen-bond acceptors (Lipinski definition) is 5. The molecule has 0 radical (unpaired) electrons. The molecule has 1 saturated heterocycles. The van der Waals surface area contributed by atoms with Gasteiger partial charge in [-0.25, -0.2) is 23.5 Å². The van der Waals surface area contributed by atoms with E-state index in [1.165, 1.54) is 0 Å². The minimum atomic E-state index is -3.64. The summed E-state index contributed by atoms with van der Waals surface area (Å²) in [4.78, 5) is 8.22. The Labute approximate surface area is 100 Å². The van der Waals surface area contributed by atoms with Crippen LogP contribution in [0, 0.1) is 6.92 Å². The highest BCUT2D eigenvalue weighted by Gasteiger charge is 2.37. The second-order valence-electron chi connectivity index (χ2n) is 4.18. The van der Waals surface area contributed by atoms with Crippen LogP contribution in [-0.4, -0.2) is 30.2 Å². The number of rotatable bonds is 2. The van der Waals surface area contributed by atoms with Crippen LogP contribution in [-0.2, 0) is 14.8 Å². The van der Waals surface area contributed by atoms with Crippen LogP contribution in [0.5, 0.6) is 0 Å². The molecule has 7 heteroatoms. The first kappa shape index (κ1) is 12.4. The van der Waals surface area contributed by atoms with Gasteiger partial charge in [0.15, 0.2) is 5.82 Å². The summed E-state index contributed by atoms with van der Waals surface area (Å²) in [5.74, 6) is 0.384. The number of nitrogens with zero attached hydrogens (tertiary/aromatic N) is 2. The third-order valence-corrected chi connectivity index (χ3v) is 4.07. The largest absolute Gasteiger partial charge is 0.369 e. The number of nitrogens with two attached hydrogens (primary N) is 1. The average molecular weight is 257 g/mol. The van der Waals surface area contributed by atoms with Gasteiger partial charge in [0.25, 0.3) is 0 Å². The van der Waals surface area contributed by atoms with E-state index in [9.17, 15) is 8.42 Å². The summed E-state index contributed by atoms with van der Waals surface area (Å²) < 4.78 is 28.4. The van der Waals surface area contributed by atoms with Gasteiger partial charge in [0.1, 0.15) is 11.4 Å². The maximum Gasteiger partial charge on any atom is 0.215 e. The molecule has 1 fully saturated rings. The Morgan fingerprint density at radius 2 is 2.06 bits per heavy atom. The molecule has 0 aliphatic carbocycles. The molecule has 2 heterocycles. The minimum absolute atomic E-state index is 0.384. The first-order valence-corrected chi connectivity index (χ1v) is 7.01. The number of primary sulfonamides is 1. The molecule has 94 valence electrons. The zero-order valence-electron chi connectivity index (χ0n) is 9.54. The predicted molar refractivity (Wildman–Crippen MR) is 61.6 cm³/mol. The van der Waals surface area contributed by atoms with Crippen LogP contribution in [0.3, 0.4) is 0 Å². The minimum Gasteiger partial charge on any atom is -0.369 e. The van der Waals surface area contributed by atoms with Crippen molar-refractivity contribution in [2.45, 2.75) is 31.1 Å². The van der Waals surface area contributed by atoms with Gasteiger partial charge in [-0.15, -0.1) is 0 Å². The van der Waals surface area contributed by atoms with Crippen molar-refractivity contribution in [3.8, 4) is 0 Å². The molecule has 6 nitrogen and oxygen atoms in total. The molecule has 2 atom stereocenters. The molecule has 1 aromatic rings. The molecular weight excluding hydrogens is 242 g/mol. The smallest absolute Gasteiger partial charge is 0.215 e. The SMILES string of the molecule is Cc1cnc(C2OCCCC2S(N)(=O)=O)nc1. The highest BCUT2D eigenvalue weighted by atomic mass is 32.2. The lowest BCUT2D eigenvalue weighted by Gasteiger charge is -2.28. The van der Waals surface area contributed by atoms with Gasteiger partial charge < -0.3 is 4.74 Å². The monoisotopic (exact) mass is 257 g/mol. The van der Waals surface area contributed by atoms with Crippen LogP contribution in [0.25, 0.3) is 0 Å². The van der Waals surface area contributed by atoms with Crippen LogP contribution in [0.2, 0.25) is 0 Å². The molecule has 1 aromatic heterocycles. The van der Waals surface area contributed by atoms with Gasteiger partial charge in [0, 0.05) is 19.0 Å². The molecule has 2 rings (SSSR count). The van der Waals surface area contributed by atoms with Crippen LogP contribution in [0.15, 0.2) is 12.4 Å². The van der Waals surface area contributed by atoms with E-state index < -0.39 is 21.4 Å². The molecular formula is C10H15N3O3S. The molecule has 0 spiro atoms. The molecule has 0 amide bonds. The standard InChI is InChI=1S/C10H15N3O3S/c1-7-5-12-10(13-6-7)9-8(17(11,14)15)3-2-4-16-9/h5-6,8-9H,2-4H2,1H3,(H2,11,14,15). The molecule has 0 bridgehead atoms. The second kappa shape index (κ2) is 4.67. The Bertz CT molecular complexity index is 486. The summed E-state index contributed by atoms with van der Waals surface area (Å²) in [5, 5.41) is 4.45. The van der Waals surface area contributed by atoms with Crippen molar-refractivity contribution in [1.29, 1.82) is 0 Å². The van der Waals surface area contributed by atoms with Gasteiger partial charge in [-0.2, -0.15) is 0 Å². The van der Waals surface area contributed by atoms with Gasteiger partial charge in [-0.1, -0.05) is 0 Å². The van der Waals surface area contributed by atoms with E-state index in [-0.39, 0.29) is 0 Å². The molecule has 17 heavy (non-hydrogen) atoms. The Morgan fingerprint density at radius 3 is 2.65 bits per heavy atom. The predicted octanol–water partition coefficient (Wildman–Crippen LogP) is 0.294. The normalized spacial score (nSPS) is 25.8. The van der Waals surface area contributed by atoms with E-state index in [0.717, 1.165) is 5.56 Å². The zero-order chi connectivity index (χ0) is 12.5. The van der Waals surface area contributed by atoms with Crippen molar-refractivity contribution >= 4 is 10.0 Å². The molecule has 0 aromatic carbocycles. The van der Waals surface area contributed by atoms with Crippen LogP contribution in [0.1, 0.15) is 30.3 Å². The van der Waals surface area contributed by atoms with Crippen molar-refractivity contribution < 1.29 is 13.2 Å². The zero-order valence-corrected chi connectivity index (χ0v) is 10.4. The van der Waals surface area contributed by atoms with Gasteiger partial charge >= 0.3 is 0 Å². The van der Waals surface area contributed by atoms with E-state index in [1.54, 1.807) is 12.4 Å². The lowest BCUT2D eigenvalue weighted by molar-refractivity contribution is 0.0125. The third kappa shape index (κ3) is 2.80. The van der Waals surface area contributed by atoms with Gasteiger partial charge in [0.2, 0.25) is 10.0 Å². The Balaban J connectivity index is 2.31. The van der Waals surface area contributed by atoms with Crippen molar-refractivity contribution in [2.24, 2.45) is 5.14 Å². The summed E-state index contributed by atoms with van der Waals surface area (Å²) in [6.07, 6.45) is 3.80. The van der Waals surface area contributed by atoms with E-state index in [1.807, 2.05) is 6.92 Å². The van der Waals surface area contributed by atoms with Gasteiger partial charge in [0.05, 0.1) is 0 Å². The highest BCUT2D eigenvalue weighted by Crippen LogP contribution is 2.29. The fourth-order valence-corrected chi connectivity index (χ4v) is 2.92. The highest BCUT2D eigenvalue weighted by molar-refractivity contribution is 7.89. The topological polar surface area (TPSA) is 95.2 Å². The summed E-state index contributed by atoms with van der Waals surface area (Å²) >= 11 is 0. The number of ether oxygens (including phenoxy) is 1. The van der Waals surface area contributed by atoms with E-state index in [0.29, 0.717) is 25.3 Å². The van der Waals surface area contributed by atoms with Crippen LogP contribution < -0.4 is 5.14 Å². The first-order valence-electron chi connectivity index (χ1n) is 5.40. The molecule has 2 unspecified atom stereocenters. The van der Waals surface area contributed by atoms with Gasteiger partial charge in [-0.05, 0) is 25.3 Å². The first-order chi connectivity index (χ1) is 7.98. The van der Waals surface area contributed by atoms with Crippen molar-refractivity contribution in [3.63, 3.8) is 0 Å². The second-order valence-corrected chi connectivity index (χ2v) is 5.96. The van der Waals surface area contributed by atoms with Crippen molar-refractivity contribution in [2.75, 3.05) is 6.61 Å². The molecule has 1 aliphatic heterocycles. The molecule has 0 saturated carbocycles. The Morgan fingerprint density at radius 1 is 1.41 bits per heavy atom. The van der Waals surface area contributed by atoms with Crippen LogP contribution >= 0.6 is 0 Å². The fraction of sp³-hybridized carbons (Fsp3) is 0.600. The summed E-state index contributed by atoms with van der Waals surface area (Å²) in [7, 11) is -3.64. The summed E-state index contributed by atoms with van der Waals surface area (Å²) in [6, 6.07) is 0. The lowest BCUT2D eigenvalue weighted by atomic mass is 10.1. The Hall–Kier alpha value is -1.05. The third-order valence-electron chi connectivity index (χ3n) is 2.75. The molecule has 1 aliphatic rings. The maximum atomic E-state index is 11.5. The maximum absolute atomic E-state index is 11.5. The van der Waals surface area contributed by atoms with Crippen LogP contribution in [0.4, 0.5) is 0 Å². The van der Waals surface area contributed by atoms with E-state index in [2.05, 4.69) is 9.97 Å². The Kier molecular flexibility index (Phi) is 3.41. The van der Waals surface area contributed by atoms with Crippen molar-refractivity contribution in [1.82, 2.24) is 9.97 Å². The van der Waals surface area contributed by atoms with Crippen molar-refractivity contribution in [3.05, 3.63) is 23.8 Å². The summed E-state index contributed by atoms with van der Waals surface area (Å²) in [5.41, 5.74) is 0.914. The summed E-state index contributed by atoms with van der Waals surface area (Å²) in [6.45, 7) is 2.37. The number of sulfonamides is 1. The average Bonchev–Trinajstić information content (AvgIpc) is 2.29. The lowest BCUT2D eigenvalue weighted by Crippen LogP contribution is -2.39. The number of aromatic nitrogens is 2. The molecule has 2 N–H and O–H groups in total. The van der Waals surface area contributed by atoms with Gasteiger partial charge in [-0.3, -0.25) is 0 Å². The van der Waals surface area contributed by atoms with E-state index in [4.69, 9.17) is 9.88 Å². The van der Waals surface area contributed by atoms with E-state index >= 15 is 0 Å². The fourth-order valence-electron chi connectivity index (χ4n) is 1.88. The quantitative estimate of drug-likeness (QED) is 0.821. The number of aryl methyl sites for hydroxylation is 1. The number of hydrogen-bond donors (Lipinski definition) is 1.